The summed E-state index contributed by atoms with van der Waals surface area (Å²) in [5.74, 6) is 1.23. The van der Waals surface area contributed by atoms with Gasteiger partial charge in [-0.25, -0.2) is 0 Å². The highest BCUT2D eigenvalue weighted by atomic mass is 16.5. The average Bonchev–Trinajstić information content (AvgIpc) is 2.28. The number of aliphatic hydroxyl groups excluding tert-OH is 1. The van der Waals surface area contributed by atoms with Crippen LogP contribution in [0.1, 0.15) is 43.7 Å². The van der Waals surface area contributed by atoms with Gasteiger partial charge in [0.05, 0.1) is 6.61 Å². The largest absolute Gasteiger partial charge is 0.494 e. The Balaban J connectivity index is 3.08. The fraction of sp³-hybridized carbons (Fsp3) is 0.500. The Morgan fingerprint density at radius 2 is 1.88 bits per heavy atom. The van der Waals surface area contributed by atoms with Crippen LogP contribution in [0.25, 0.3) is 0 Å². The Hall–Kier alpha value is -1.02. The Morgan fingerprint density at radius 3 is 2.38 bits per heavy atom. The second-order valence-corrected chi connectivity index (χ2v) is 4.30. The lowest BCUT2D eigenvalue weighted by Crippen LogP contribution is -2.02. The molecule has 1 rings (SSSR count). The van der Waals surface area contributed by atoms with Gasteiger partial charge in [-0.3, -0.25) is 0 Å². The molecule has 1 atom stereocenters. The average molecular weight is 221 g/mol. The minimum atomic E-state index is -0.0853. The third kappa shape index (κ3) is 3.24. The minimum absolute atomic E-state index is 0.0626. The predicted octanol–water partition coefficient (Wildman–Crippen LogP) is 3.12. The Kier molecular flexibility index (Phi) is 4.81. The van der Waals surface area contributed by atoms with Crippen LogP contribution in [0.4, 0.5) is 0 Å². The zero-order chi connectivity index (χ0) is 12.1. The van der Waals surface area contributed by atoms with Crippen LogP contribution in [0.15, 0.2) is 18.2 Å². The van der Waals surface area contributed by atoms with Crippen LogP contribution < -0.4 is 4.74 Å². The molecule has 0 fully saturated rings. The lowest BCUT2D eigenvalue weighted by Gasteiger charge is -2.15. The number of rotatable bonds is 5. The van der Waals surface area contributed by atoms with Gasteiger partial charge < -0.3 is 9.84 Å². The molecule has 0 aliphatic rings. The van der Waals surface area contributed by atoms with Gasteiger partial charge in [0.15, 0.2) is 0 Å². The predicted molar refractivity (Wildman–Crippen MR) is 66.9 cm³/mol. The molecule has 0 spiro atoms. The highest BCUT2D eigenvalue weighted by Gasteiger charge is 2.09. The van der Waals surface area contributed by atoms with Crippen molar-refractivity contribution in [1.82, 2.24) is 0 Å². The fourth-order valence-electron chi connectivity index (χ4n) is 1.57. The molecule has 0 aliphatic carbocycles. The van der Waals surface area contributed by atoms with Crippen LogP contribution in [-0.4, -0.2) is 18.3 Å². The maximum absolute atomic E-state index is 9.14. The Bertz CT molecular complexity index is 332. The van der Waals surface area contributed by atoms with Crippen LogP contribution in [-0.2, 0) is 0 Å². The molecule has 0 bridgehead atoms. The summed E-state index contributed by atoms with van der Waals surface area (Å²) in [5.41, 5.74) is 2.26. The molecule has 1 radical (unpaired) electrons. The normalized spacial score (nSPS) is 12.9. The first-order chi connectivity index (χ1) is 7.58. The van der Waals surface area contributed by atoms with E-state index in [0.29, 0.717) is 12.5 Å². The zero-order valence-electron chi connectivity index (χ0n) is 10.4. The molecule has 1 unspecified atom stereocenters. The van der Waals surface area contributed by atoms with Crippen molar-refractivity contribution in [3.63, 3.8) is 0 Å². The molecule has 2 nitrogen and oxygen atoms in total. The smallest absolute Gasteiger partial charge is 0.119 e. The molecule has 89 valence electrons. The number of ether oxygens (including phenoxy) is 1. The number of aliphatic hydroxyl groups is 1. The van der Waals surface area contributed by atoms with Crippen molar-refractivity contribution >= 4 is 0 Å². The molecule has 1 N–H and O–H groups in total. The van der Waals surface area contributed by atoms with Crippen LogP contribution >= 0.6 is 0 Å². The second kappa shape index (κ2) is 5.90. The minimum Gasteiger partial charge on any atom is -0.494 e. The molecule has 16 heavy (non-hydrogen) atoms. The summed E-state index contributed by atoms with van der Waals surface area (Å²) in [6.45, 7) is 10.9. The molecule has 0 saturated heterocycles. The number of benzene rings is 1. The van der Waals surface area contributed by atoms with E-state index >= 15 is 0 Å². The summed E-state index contributed by atoms with van der Waals surface area (Å²) >= 11 is 0. The molecule has 0 aromatic heterocycles. The van der Waals surface area contributed by atoms with Gasteiger partial charge >= 0.3 is 0 Å². The topological polar surface area (TPSA) is 29.5 Å². The van der Waals surface area contributed by atoms with Crippen LogP contribution in [0.3, 0.4) is 0 Å². The molecule has 0 saturated carbocycles. The van der Waals surface area contributed by atoms with Gasteiger partial charge in [-0.05, 0) is 43.0 Å². The van der Waals surface area contributed by atoms with Crippen LogP contribution in [0.2, 0.25) is 0 Å². The first-order valence-electron chi connectivity index (χ1n) is 5.80. The van der Waals surface area contributed by atoms with Gasteiger partial charge in [0, 0.05) is 12.5 Å². The van der Waals surface area contributed by atoms with Crippen LogP contribution in [0.5, 0.6) is 5.75 Å². The van der Waals surface area contributed by atoms with Crippen molar-refractivity contribution in [2.75, 3.05) is 13.2 Å². The van der Waals surface area contributed by atoms with E-state index in [9.17, 15) is 0 Å². The van der Waals surface area contributed by atoms with Crippen LogP contribution in [0, 0.1) is 6.92 Å². The lowest BCUT2D eigenvalue weighted by molar-refractivity contribution is 0.282. The SMILES string of the molecule is [CH2]C(CO)c1cc(OCC)cc(C(C)C)c1. The highest BCUT2D eigenvalue weighted by Crippen LogP contribution is 2.27. The third-order valence-electron chi connectivity index (χ3n) is 2.62. The van der Waals surface area contributed by atoms with Crippen molar-refractivity contribution in [1.29, 1.82) is 0 Å². The number of hydrogen-bond donors (Lipinski definition) is 1. The Labute approximate surface area is 98.3 Å². The second-order valence-electron chi connectivity index (χ2n) is 4.30. The van der Waals surface area contributed by atoms with Gasteiger partial charge in [-0.15, -0.1) is 0 Å². The van der Waals surface area contributed by atoms with E-state index in [1.54, 1.807) is 0 Å². The van der Waals surface area contributed by atoms with Crippen molar-refractivity contribution in [2.24, 2.45) is 0 Å². The molecular weight excluding hydrogens is 200 g/mol. The monoisotopic (exact) mass is 221 g/mol. The van der Waals surface area contributed by atoms with Crippen molar-refractivity contribution in [3.8, 4) is 5.75 Å². The summed E-state index contributed by atoms with van der Waals surface area (Å²) < 4.78 is 5.52. The van der Waals surface area contributed by atoms with Crippen molar-refractivity contribution in [2.45, 2.75) is 32.6 Å². The van der Waals surface area contributed by atoms with E-state index in [0.717, 1.165) is 11.3 Å². The first kappa shape index (κ1) is 13.0. The number of hydrogen-bond acceptors (Lipinski definition) is 2. The van der Waals surface area contributed by atoms with Gasteiger partial charge in [-0.1, -0.05) is 19.9 Å². The van der Waals surface area contributed by atoms with Gasteiger partial charge in [0.25, 0.3) is 0 Å². The molecule has 0 amide bonds. The maximum atomic E-state index is 9.14. The van der Waals surface area contributed by atoms with E-state index in [1.165, 1.54) is 5.56 Å². The van der Waals surface area contributed by atoms with Gasteiger partial charge in [-0.2, -0.15) is 0 Å². The maximum Gasteiger partial charge on any atom is 0.119 e. The third-order valence-corrected chi connectivity index (χ3v) is 2.62. The standard InChI is InChI=1S/C14H21O2/c1-5-16-14-7-12(10(2)3)6-13(8-14)11(4)9-15/h6-8,10-11,15H,4-5,9H2,1-3H3. The van der Waals surface area contributed by atoms with Gasteiger partial charge in [0.2, 0.25) is 0 Å². The molecular formula is C14H21O2. The first-order valence-corrected chi connectivity index (χ1v) is 5.80. The zero-order valence-corrected chi connectivity index (χ0v) is 10.4. The van der Waals surface area contributed by atoms with E-state index in [-0.39, 0.29) is 12.5 Å². The van der Waals surface area contributed by atoms with E-state index in [2.05, 4.69) is 32.9 Å². The molecule has 0 heterocycles. The quantitative estimate of drug-likeness (QED) is 0.827. The highest BCUT2D eigenvalue weighted by molar-refractivity contribution is 5.38. The van der Waals surface area contributed by atoms with E-state index < -0.39 is 0 Å². The Morgan fingerprint density at radius 1 is 1.25 bits per heavy atom. The fourth-order valence-corrected chi connectivity index (χ4v) is 1.57. The molecule has 2 heteroatoms. The lowest BCUT2D eigenvalue weighted by atomic mass is 9.95. The van der Waals surface area contributed by atoms with E-state index in [1.807, 2.05) is 13.0 Å². The van der Waals surface area contributed by atoms with Crippen molar-refractivity contribution < 1.29 is 9.84 Å². The van der Waals surface area contributed by atoms with E-state index in [4.69, 9.17) is 9.84 Å². The molecule has 0 aliphatic heterocycles. The molecule has 1 aromatic carbocycles. The van der Waals surface area contributed by atoms with Crippen molar-refractivity contribution in [3.05, 3.63) is 36.2 Å². The summed E-state index contributed by atoms with van der Waals surface area (Å²) in [6, 6.07) is 6.12. The molecule has 1 aromatic rings. The summed E-state index contributed by atoms with van der Waals surface area (Å²) in [6.07, 6.45) is 0. The summed E-state index contributed by atoms with van der Waals surface area (Å²) in [7, 11) is 0. The summed E-state index contributed by atoms with van der Waals surface area (Å²) in [4.78, 5) is 0. The summed E-state index contributed by atoms with van der Waals surface area (Å²) in [5, 5.41) is 9.14. The van der Waals surface area contributed by atoms with Gasteiger partial charge in [0.1, 0.15) is 5.75 Å².